The Morgan fingerprint density at radius 3 is 1.91 bits per heavy atom. The minimum Gasteiger partial charge on any atom is -0.380 e. The number of nitrogens with zero attached hydrogens (tertiary/aromatic N) is 1. The molecule has 1 nitrogen and oxygen atoms in total. The van der Waals surface area contributed by atoms with Crippen LogP contribution in [-0.4, -0.2) is 29.7 Å². The maximum atomic E-state index is 5.68. The van der Waals surface area contributed by atoms with Crippen molar-refractivity contribution in [1.29, 1.82) is 0 Å². The van der Waals surface area contributed by atoms with E-state index in [-0.39, 0.29) is 0 Å². The highest BCUT2D eigenvalue weighted by Gasteiger charge is 2.09. The largest absolute Gasteiger partial charge is 0.380 e. The Kier molecular flexibility index (Phi) is 5.32. The minimum atomic E-state index is -0.467. The molecule has 0 saturated heterocycles. The first kappa shape index (κ1) is 11.4. The molecule has 4 heteroatoms. The lowest BCUT2D eigenvalue weighted by Crippen LogP contribution is -2.16. The zero-order valence-corrected chi connectivity index (χ0v) is 9.13. The molecular weight excluding hydrogens is 204 g/mol. The third kappa shape index (κ3) is 3.55. The van der Waals surface area contributed by atoms with Gasteiger partial charge >= 0.3 is 0 Å². The molecule has 0 radical (unpaired) electrons. The Morgan fingerprint density at radius 2 is 1.82 bits per heavy atom. The zero-order valence-electron chi connectivity index (χ0n) is 6.87. The molecule has 0 fully saturated rings. The topological polar surface area (TPSA) is 3.24 Å². The van der Waals surface area contributed by atoms with E-state index in [0.717, 1.165) is 11.3 Å². The van der Waals surface area contributed by atoms with Gasteiger partial charge in [-0.2, -0.15) is 0 Å². The van der Waals surface area contributed by atoms with E-state index in [1.165, 1.54) is 0 Å². The molecule has 0 rings (SSSR count). The summed E-state index contributed by atoms with van der Waals surface area (Å²) in [6.45, 7) is 1.88. The number of halogens is 3. The monoisotopic (exact) mass is 215 g/mol. The average Bonchev–Trinajstić information content (AvgIpc) is 1.88. The number of allylic oxidation sites excluding steroid dienone is 2. The molecule has 0 amide bonds. The van der Waals surface area contributed by atoms with Crippen molar-refractivity contribution in [1.82, 2.24) is 4.90 Å². The van der Waals surface area contributed by atoms with E-state index in [4.69, 9.17) is 34.8 Å². The molecule has 0 saturated carbocycles. The van der Waals surface area contributed by atoms with Gasteiger partial charge in [0.2, 0.25) is 0 Å². The summed E-state index contributed by atoms with van der Waals surface area (Å²) in [5.74, 6) is 0.439. The van der Waals surface area contributed by atoms with E-state index in [0.29, 0.717) is 5.88 Å². The third-order valence-corrected chi connectivity index (χ3v) is 2.36. The predicted molar refractivity (Wildman–Crippen MR) is 52.6 cm³/mol. The summed E-state index contributed by atoms with van der Waals surface area (Å²) in [7, 11) is 3.83. The van der Waals surface area contributed by atoms with Crippen molar-refractivity contribution < 1.29 is 0 Å². The van der Waals surface area contributed by atoms with Crippen LogP contribution in [0.4, 0.5) is 0 Å². The van der Waals surface area contributed by atoms with Gasteiger partial charge < -0.3 is 4.90 Å². The highest BCUT2D eigenvalue weighted by atomic mass is 35.5. The van der Waals surface area contributed by atoms with E-state index in [1.807, 2.05) is 25.9 Å². The second-order valence-electron chi connectivity index (χ2n) is 2.46. The van der Waals surface area contributed by atoms with Crippen LogP contribution in [0, 0.1) is 0 Å². The van der Waals surface area contributed by atoms with Crippen LogP contribution in [-0.2, 0) is 0 Å². The fourth-order valence-electron chi connectivity index (χ4n) is 0.704. The number of hydrogen-bond acceptors (Lipinski definition) is 1. The van der Waals surface area contributed by atoms with Gasteiger partial charge in [-0.15, -0.1) is 34.8 Å². The van der Waals surface area contributed by atoms with Crippen molar-refractivity contribution in [3.05, 3.63) is 11.3 Å². The highest BCUT2D eigenvalue weighted by molar-refractivity contribution is 6.46. The van der Waals surface area contributed by atoms with Gasteiger partial charge in [-0.3, -0.25) is 0 Å². The Bertz CT molecular complexity index is 152. The smallest absolute Gasteiger partial charge is 0.130 e. The minimum absolute atomic E-state index is 0.439. The van der Waals surface area contributed by atoms with Gasteiger partial charge in [-0.1, -0.05) is 0 Å². The molecule has 0 bridgehead atoms. The van der Waals surface area contributed by atoms with Crippen molar-refractivity contribution >= 4 is 34.8 Å². The molecule has 66 valence electrons. The molecule has 0 aromatic carbocycles. The van der Waals surface area contributed by atoms with Gasteiger partial charge in [0.15, 0.2) is 0 Å². The molecule has 0 atom stereocenters. The van der Waals surface area contributed by atoms with Gasteiger partial charge in [-0.25, -0.2) is 0 Å². The summed E-state index contributed by atoms with van der Waals surface area (Å²) in [4.78, 5) is 1.45. The van der Waals surface area contributed by atoms with Crippen molar-refractivity contribution in [3.63, 3.8) is 0 Å². The van der Waals surface area contributed by atoms with Crippen molar-refractivity contribution in [2.75, 3.05) is 20.0 Å². The molecule has 11 heavy (non-hydrogen) atoms. The van der Waals surface area contributed by atoms with Crippen LogP contribution in [0.3, 0.4) is 0 Å². The lowest BCUT2D eigenvalue weighted by Gasteiger charge is -2.18. The SMILES string of the molecule is C/C(=C(\CCl)N(C)C)C(Cl)Cl. The van der Waals surface area contributed by atoms with Crippen LogP contribution in [0.15, 0.2) is 11.3 Å². The zero-order chi connectivity index (χ0) is 9.02. The third-order valence-electron chi connectivity index (χ3n) is 1.45. The van der Waals surface area contributed by atoms with Gasteiger partial charge in [0.1, 0.15) is 4.84 Å². The predicted octanol–water partition coefficient (Wildman–Crippen LogP) is 2.86. The molecular formula is C7H12Cl3N. The Hall–Kier alpha value is 0.410. The summed E-state index contributed by atoms with van der Waals surface area (Å²) < 4.78 is 0. The van der Waals surface area contributed by atoms with Crippen LogP contribution < -0.4 is 0 Å². The number of alkyl halides is 3. The molecule has 0 aromatic heterocycles. The molecule has 0 aliphatic rings. The summed E-state index contributed by atoms with van der Waals surface area (Å²) in [6.07, 6.45) is 0. The van der Waals surface area contributed by atoms with Crippen molar-refractivity contribution in [2.24, 2.45) is 0 Å². The summed E-state index contributed by atoms with van der Waals surface area (Å²) in [5, 5.41) is 0. The highest BCUT2D eigenvalue weighted by Crippen LogP contribution is 2.19. The summed E-state index contributed by atoms with van der Waals surface area (Å²) >= 11 is 17.0. The van der Waals surface area contributed by atoms with Gasteiger partial charge in [0.25, 0.3) is 0 Å². The molecule has 0 N–H and O–H groups in total. The van der Waals surface area contributed by atoms with E-state index in [9.17, 15) is 0 Å². The molecule has 0 spiro atoms. The second kappa shape index (κ2) is 5.13. The van der Waals surface area contributed by atoms with Crippen molar-refractivity contribution in [2.45, 2.75) is 11.8 Å². The Labute approximate surface area is 82.9 Å². The van der Waals surface area contributed by atoms with Crippen LogP contribution in [0.1, 0.15) is 6.92 Å². The van der Waals surface area contributed by atoms with Gasteiger partial charge in [0.05, 0.1) is 5.88 Å². The lowest BCUT2D eigenvalue weighted by atomic mass is 10.2. The molecule has 0 aromatic rings. The lowest BCUT2D eigenvalue weighted by molar-refractivity contribution is 0.508. The summed E-state index contributed by atoms with van der Waals surface area (Å²) in [6, 6.07) is 0. The molecule has 0 aliphatic heterocycles. The maximum absolute atomic E-state index is 5.68. The van der Waals surface area contributed by atoms with E-state index in [1.54, 1.807) is 0 Å². The Morgan fingerprint density at radius 1 is 1.36 bits per heavy atom. The fraction of sp³-hybridized carbons (Fsp3) is 0.714. The van der Waals surface area contributed by atoms with Crippen LogP contribution in [0.25, 0.3) is 0 Å². The van der Waals surface area contributed by atoms with E-state index >= 15 is 0 Å². The maximum Gasteiger partial charge on any atom is 0.130 e. The normalized spacial score (nSPS) is 13.4. The van der Waals surface area contributed by atoms with E-state index < -0.39 is 4.84 Å². The molecule has 0 aliphatic carbocycles. The van der Waals surface area contributed by atoms with Gasteiger partial charge in [0, 0.05) is 19.8 Å². The first-order valence-electron chi connectivity index (χ1n) is 3.21. The van der Waals surface area contributed by atoms with Crippen LogP contribution >= 0.6 is 34.8 Å². The first-order valence-corrected chi connectivity index (χ1v) is 4.62. The number of hydrogen-bond donors (Lipinski definition) is 0. The number of rotatable bonds is 3. The van der Waals surface area contributed by atoms with Gasteiger partial charge in [-0.05, 0) is 12.5 Å². The fourth-order valence-corrected chi connectivity index (χ4v) is 1.41. The van der Waals surface area contributed by atoms with Crippen LogP contribution in [0.5, 0.6) is 0 Å². The molecule has 0 unspecified atom stereocenters. The Balaban J connectivity index is 4.54. The summed E-state index contributed by atoms with van der Waals surface area (Å²) in [5.41, 5.74) is 1.88. The van der Waals surface area contributed by atoms with Crippen molar-refractivity contribution in [3.8, 4) is 0 Å². The van der Waals surface area contributed by atoms with Crippen LogP contribution in [0.2, 0.25) is 0 Å². The van der Waals surface area contributed by atoms with E-state index in [2.05, 4.69) is 0 Å². The standard InChI is InChI=1S/C7H12Cl3N/c1-5(7(9)10)6(4-8)11(2)3/h7H,4H2,1-3H3/b6-5-. The first-order chi connectivity index (χ1) is 5.00. The second-order valence-corrected chi connectivity index (χ2v) is 3.82. The average molecular weight is 217 g/mol. The molecule has 0 heterocycles. The quantitative estimate of drug-likeness (QED) is 0.656.